The summed E-state index contributed by atoms with van der Waals surface area (Å²) in [5, 5.41) is 0. The number of hydrogen-bond acceptors (Lipinski definition) is 4. The average Bonchev–Trinajstić information content (AvgIpc) is 2.12. The third kappa shape index (κ3) is 3.24. The lowest BCUT2D eigenvalue weighted by atomic mass is 10.1. The maximum Gasteiger partial charge on any atom is 0.327 e. The number of hydrogen-bond donors (Lipinski definition) is 0. The number of ether oxygens (including phenoxy) is 1. The average molecular weight is 232 g/mol. The normalized spacial score (nSPS) is 15.1. The first-order valence-electron chi connectivity index (χ1n) is 4.60. The molecule has 5 heteroatoms. The van der Waals surface area contributed by atoms with Crippen LogP contribution in [0.1, 0.15) is 26.7 Å². The minimum atomic E-state index is -3.53. The molecule has 0 fully saturated rings. The van der Waals surface area contributed by atoms with Crippen molar-refractivity contribution in [2.24, 2.45) is 0 Å². The number of carbonyl (C=O) groups excluding carboxylic acids is 1. The van der Waals surface area contributed by atoms with E-state index in [0.717, 1.165) is 6.26 Å². The minimum absolute atomic E-state index is 0.0845. The zero-order chi connectivity index (χ0) is 12.1. The smallest absolute Gasteiger partial charge is 0.327 e. The quantitative estimate of drug-likeness (QED) is 0.519. The van der Waals surface area contributed by atoms with Gasteiger partial charge in [-0.15, -0.1) is 12.3 Å². The number of rotatable bonds is 5. The van der Waals surface area contributed by atoms with Gasteiger partial charge in [0.05, 0.1) is 6.61 Å². The van der Waals surface area contributed by atoms with Gasteiger partial charge in [-0.05, 0) is 20.3 Å². The molecule has 0 spiro atoms. The van der Waals surface area contributed by atoms with Gasteiger partial charge in [-0.2, -0.15) is 0 Å². The monoisotopic (exact) mass is 232 g/mol. The zero-order valence-corrected chi connectivity index (χ0v) is 10.1. The van der Waals surface area contributed by atoms with Crippen molar-refractivity contribution in [3.63, 3.8) is 0 Å². The molecule has 86 valence electrons. The van der Waals surface area contributed by atoms with E-state index < -0.39 is 20.6 Å². The fourth-order valence-electron chi connectivity index (χ4n) is 1.03. The van der Waals surface area contributed by atoms with Gasteiger partial charge in [0, 0.05) is 12.7 Å². The van der Waals surface area contributed by atoms with E-state index in [9.17, 15) is 13.2 Å². The Hall–Kier alpha value is -1.02. The van der Waals surface area contributed by atoms with Gasteiger partial charge in [-0.3, -0.25) is 4.79 Å². The Morgan fingerprint density at radius 1 is 1.53 bits per heavy atom. The molecule has 15 heavy (non-hydrogen) atoms. The van der Waals surface area contributed by atoms with Crippen LogP contribution in [0.3, 0.4) is 0 Å². The number of esters is 1. The lowest BCUT2D eigenvalue weighted by molar-refractivity contribution is -0.146. The molecular formula is C10H16O4S. The summed E-state index contributed by atoms with van der Waals surface area (Å²) in [7, 11) is -3.53. The van der Waals surface area contributed by atoms with Crippen molar-refractivity contribution in [2.45, 2.75) is 31.4 Å². The van der Waals surface area contributed by atoms with Gasteiger partial charge < -0.3 is 4.74 Å². The van der Waals surface area contributed by atoms with Crippen molar-refractivity contribution >= 4 is 15.8 Å². The summed E-state index contributed by atoms with van der Waals surface area (Å²) in [6, 6.07) is 0. The fraction of sp³-hybridized carbons (Fsp3) is 0.700. The molecule has 0 bridgehead atoms. The van der Waals surface area contributed by atoms with E-state index in [1.165, 1.54) is 6.92 Å². The van der Waals surface area contributed by atoms with Crippen LogP contribution in [-0.4, -0.2) is 32.0 Å². The first kappa shape index (κ1) is 14.0. The van der Waals surface area contributed by atoms with Crippen molar-refractivity contribution in [3.05, 3.63) is 0 Å². The molecule has 1 unspecified atom stereocenters. The first-order chi connectivity index (χ1) is 6.79. The van der Waals surface area contributed by atoms with Crippen molar-refractivity contribution < 1.29 is 17.9 Å². The lowest BCUT2D eigenvalue weighted by Crippen LogP contribution is -2.44. The third-order valence-corrected chi connectivity index (χ3v) is 4.28. The van der Waals surface area contributed by atoms with Crippen LogP contribution in [-0.2, 0) is 19.4 Å². The van der Waals surface area contributed by atoms with E-state index >= 15 is 0 Å². The molecule has 0 N–H and O–H groups in total. The van der Waals surface area contributed by atoms with Crippen LogP contribution in [0.5, 0.6) is 0 Å². The topological polar surface area (TPSA) is 60.4 Å². The summed E-state index contributed by atoms with van der Waals surface area (Å²) >= 11 is 0. The van der Waals surface area contributed by atoms with E-state index in [4.69, 9.17) is 11.2 Å². The number of terminal acetylenes is 1. The molecule has 0 aliphatic rings. The predicted molar refractivity (Wildman–Crippen MR) is 57.9 cm³/mol. The van der Waals surface area contributed by atoms with Crippen LogP contribution in [0.15, 0.2) is 0 Å². The Morgan fingerprint density at radius 3 is 2.40 bits per heavy atom. The Labute approximate surface area is 90.9 Å². The van der Waals surface area contributed by atoms with Gasteiger partial charge in [-0.25, -0.2) is 8.42 Å². The van der Waals surface area contributed by atoms with E-state index in [0.29, 0.717) is 0 Å². The van der Waals surface area contributed by atoms with Gasteiger partial charge in [0.2, 0.25) is 0 Å². The highest BCUT2D eigenvalue weighted by atomic mass is 32.2. The maximum absolute atomic E-state index is 11.5. The standard InChI is InChI=1S/C10H16O4S/c1-5-7-8-10(3,15(4,12)13)9(11)14-6-2/h1H,6-8H2,2-4H3. The number of sulfone groups is 1. The predicted octanol–water partition coefficient (Wildman–Crippen LogP) is 0.766. The van der Waals surface area contributed by atoms with Gasteiger partial charge in [0.1, 0.15) is 0 Å². The van der Waals surface area contributed by atoms with Crippen LogP contribution < -0.4 is 0 Å². The van der Waals surface area contributed by atoms with Gasteiger partial charge >= 0.3 is 5.97 Å². The molecule has 0 saturated heterocycles. The van der Waals surface area contributed by atoms with Crippen LogP contribution in [0, 0.1) is 12.3 Å². The second-order valence-corrected chi connectivity index (χ2v) is 5.87. The Balaban J connectivity index is 5.05. The summed E-state index contributed by atoms with van der Waals surface area (Å²) in [6.45, 7) is 3.12. The van der Waals surface area contributed by atoms with Crippen molar-refractivity contribution in [1.29, 1.82) is 0 Å². The SMILES string of the molecule is C#CCCC(C)(C(=O)OCC)S(C)(=O)=O. The second kappa shape index (κ2) is 5.17. The van der Waals surface area contributed by atoms with Crippen molar-refractivity contribution in [2.75, 3.05) is 12.9 Å². The molecular weight excluding hydrogens is 216 g/mol. The molecule has 0 aromatic carbocycles. The highest BCUT2D eigenvalue weighted by molar-refractivity contribution is 7.92. The Bertz CT molecular complexity index is 363. The van der Waals surface area contributed by atoms with Crippen LogP contribution in [0.2, 0.25) is 0 Å². The third-order valence-electron chi connectivity index (χ3n) is 2.27. The molecule has 0 aliphatic carbocycles. The highest BCUT2D eigenvalue weighted by Crippen LogP contribution is 2.24. The maximum atomic E-state index is 11.5. The van der Waals surface area contributed by atoms with E-state index in [1.54, 1.807) is 6.92 Å². The molecule has 1 atom stereocenters. The summed E-state index contributed by atoms with van der Waals surface area (Å²) in [5.74, 6) is 1.59. The molecule has 0 saturated carbocycles. The zero-order valence-electron chi connectivity index (χ0n) is 9.24. The van der Waals surface area contributed by atoms with Crippen LogP contribution in [0.4, 0.5) is 0 Å². The summed E-state index contributed by atoms with van der Waals surface area (Å²) in [6.07, 6.45) is 6.38. The number of carbonyl (C=O) groups is 1. The Morgan fingerprint density at radius 2 is 2.07 bits per heavy atom. The van der Waals surface area contributed by atoms with Crippen LogP contribution in [0.25, 0.3) is 0 Å². The van der Waals surface area contributed by atoms with E-state index in [-0.39, 0.29) is 19.4 Å². The lowest BCUT2D eigenvalue weighted by Gasteiger charge is -2.24. The molecule has 0 amide bonds. The Kier molecular flexibility index (Phi) is 4.82. The van der Waals surface area contributed by atoms with Crippen molar-refractivity contribution in [3.8, 4) is 12.3 Å². The summed E-state index contributed by atoms with van der Waals surface area (Å²) < 4.78 is 26.2. The molecule has 0 aliphatic heterocycles. The van der Waals surface area contributed by atoms with Gasteiger partial charge in [0.15, 0.2) is 14.6 Å². The van der Waals surface area contributed by atoms with Crippen molar-refractivity contribution in [1.82, 2.24) is 0 Å². The van der Waals surface area contributed by atoms with Gasteiger partial charge in [-0.1, -0.05) is 0 Å². The van der Waals surface area contributed by atoms with E-state index in [2.05, 4.69) is 5.92 Å². The summed E-state index contributed by atoms with van der Waals surface area (Å²) in [5.41, 5.74) is 0. The molecule has 4 nitrogen and oxygen atoms in total. The molecule has 0 aromatic rings. The highest BCUT2D eigenvalue weighted by Gasteiger charge is 2.44. The molecule has 0 rings (SSSR count). The van der Waals surface area contributed by atoms with E-state index in [1.807, 2.05) is 0 Å². The van der Waals surface area contributed by atoms with Gasteiger partial charge in [0.25, 0.3) is 0 Å². The largest absolute Gasteiger partial charge is 0.465 e. The minimum Gasteiger partial charge on any atom is -0.465 e. The first-order valence-corrected chi connectivity index (χ1v) is 6.49. The van der Waals surface area contributed by atoms with Crippen LogP contribution >= 0.6 is 0 Å². The summed E-state index contributed by atoms with van der Waals surface area (Å²) in [4.78, 5) is 11.5. The second-order valence-electron chi connectivity index (χ2n) is 3.43. The molecule has 0 aromatic heterocycles. The fourth-order valence-corrected chi connectivity index (χ4v) is 1.87. The molecule has 0 heterocycles. The molecule has 0 radical (unpaired) electrons.